The van der Waals surface area contributed by atoms with Gasteiger partial charge in [-0.2, -0.15) is 5.10 Å². The number of ether oxygens (including phenoxy) is 1. The summed E-state index contributed by atoms with van der Waals surface area (Å²) in [5.74, 6) is 0.259. The summed E-state index contributed by atoms with van der Waals surface area (Å²) in [7, 11) is 0. The zero-order valence-electron chi connectivity index (χ0n) is 12.0. The maximum atomic E-state index is 11.0. The molecule has 2 N–H and O–H groups in total. The van der Waals surface area contributed by atoms with Gasteiger partial charge in [-0.3, -0.25) is 15.5 Å². The normalized spacial score (nSPS) is 10.4. The van der Waals surface area contributed by atoms with Crippen molar-refractivity contribution in [2.24, 2.45) is 5.10 Å². The molecule has 1 aromatic carbocycles. The molecule has 0 spiro atoms. The van der Waals surface area contributed by atoms with Gasteiger partial charge in [0.2, 0.25) is 0 Å². The number of rotatable bonds is 7. The van der Waals surface area contributed by atoms with Crippen LogP contribution in [0.2, 0.25) is 0 Å². The van der Waals surface area contributed by atoms with E-state index in [4.69, 9.17) is 17.0 Å². The SMILES string of the molecule is CCCOc1ccc(/C=N/NC(=S)NCC)cc1[N+](=O)[O-]. The lowest BCUT2D eigenvalue weighted by Gasteiger charge is -2.06. The molecule has 0 aliphatic heterocycles. The summed E-state index contributed by atoms with van der Waals surface area (Å²) in [6.07, 6.45) is 2.24. The van der Waals surface area contributed by atoms with E-state index in [1.165, 1.54) is 12.3 Å². The van der Waals surface area contributed by atoms with Gasteiger partial charge in [0.1, 0.15) is 0 Å². The quantitative estimate of drug-likeness (QED) is 0.347. The lowest BCUT2D eigenvalue weighted by Crippen LogP contribution is -2.31. The van der Waals surface area contributed by atoms with Crippen molar-refractivity contribution < 1.29 is 9.66 Å². The van der Waals surface area contributed by atoms with Crippen LogP contribution >= 0.6 is 12.2 Å². The first-order chi connectivity index (χ1) is 10.1. The number of hydrogen-bond donors (Lipinski definition) is 2. The van der Waals surface area contributed by atoms with Crippen molar-refractivity contribution in [1.82, 2.24) is 10.7 Å². The summed E-state index contributed by atoms with van der Waals surface area (Å²) in [5, 5.41) is 18.2. The maximum Gasteiger partial charge on any atom is 0.311 e. The standard InChI is InChI=1S/C13H18N4O3S/c1-3-7-20-12-6-5-10(8-11(12)17(18)19)9-15-16-13(21)14-4-2/h5-6,8-9H,3-4,7H2,1-2H3,(H2,14,16,21)/b15-9+. The van der Waals surface area contributed by atoms with E-state index in [1.807, 2.05) is 13.8 Å². The van der Waals surface area contributed by atoms with Gasteiger partial charge in [-0.05, 0) is 37.7 Å². The van der Waals surface area contributed by atoms with Crippen LogP contribution in [-0.4, -0.2) is 29.4 Å². The van der Waals surface area contributed by atoms with E-state index in [0.717, 1.165) is 6.42 Å². The first-order valence-electron chi connectivity index (χ1n) is 6.56. The highest BCUT2D eigenvalue weighted by Crippen LogP contribution is 2.27. The Morgan fingerprint density at radius 2 is 2.29 bits per heavy atom. The Bertz CT molecular complexity index is 534. The van der Waals surface area contributed by atoms with Crippen LogP contribution in [0.3, 0.4) is 0 Å². The molecule has 1 rings (SSSR count). The largest absolute Gasteiger partial charge is 0.487 e. The molecule has 7 nitrogen and oxygen atoms in total. The first kappa shape index (κ1) is 16.8. The third-order valence-electron chi connectivity index (χ3n) is 2.36. The Morgan fingerprint density at radius 1 is 1.52 bits per heavy atom. The summed E-state index contributed by atoms with van der Waals surface area (Å²) in [4.78, 5) is 10.6. The minimum Gasteiger partial charge on any atom is -0.487 e. The molecule has 0 aliphatic rings. The molecule has 0 saturated carbocycles. The van der Waals surface area contributed by atoms with E-state index in [0.29, 0.717) is 23.8 Å². The van der Waals surface area contributed by atoms with Crippen molar-refractivity contribution in [3.63, 3.8) is 0 Å². The average molecular weight is 310 g/mol. The molecular formula is C13H18N4O3S. The van der Waals surface area contributed by atoms with Crippen LogP contribution in [0.5, 0.6) is 5.75 Å². The molecule has 0 aliphatic carbocycles. The Labute approximate surface area is 128 Å². The van der Waals surface area contributed by atoms with Gasteiger partial charge in [0.25, 0.3) is 0 Å². The number of benzene rings is 1. The molecule has 0 aromatic heterocycles. The van der Waals surface area contributed by atoms with E-state index in [9.17, 15) is 10.1 Å². The molecule has 0 saturated heterocycles. The Balaban J connectivity index is 2.80. The van der Waals surface area contributed by atoms with Crippen LogP contribution < -0.4 is 15.5 Å². The number of hydrazone groups is 1. The zero-order valence-corrected chi connectivity index (χ0v) is 12.8. The van der Waals surface area contributed by atoms with E-state index in [-0.39, 0.29) is 11.4 Å². The first-order valence-corrected chi connectivity index (χ1v) is 6.97. The third-order valence-corrected chi connectivity index (χ3v) is 2.59. The molecular weight excluding hydrogens is 292 g/mol. The van der Waals surface area contributed by atoms with Crippen molar-refractivity contribution in [1.29, 1.82) is 0 Å². The number of nitrogens with one attached hydrogen (secondary N) is 2. The Kier molecular flexibility index (Phi) is 7.10. The van der Waals surface area contributed by atoms with Crippen LogP contribution in [0.4, 0.5) is 5.69 Å². The fourth-order valence-electron chi connectivity index (χ4n) is 1.46. The van der Waals surface area contributed by atoms with Crippen molar-refractivity contribution in [3.8, 4) is 5.75 Å². The van der Waals surface area contributed by atoms with E-state index in [2.05, 4.69) is 15.8 Å². The minimum absolute atomic E-state index is 0.0818. The Morgan fingerprint density at radius 3 is 2.90 bits per heavy atom. The molecule has 0 unspecified atom stereocenters. The van der Waals surface area contributed by atoms with Gasteiger partial charge < -0.3 is 10.1 Å². The number of nitrogens with zero attached hydrogens (tertiary/aromatic N) is 2. The lowest BCUT2D eigenvalue weighted by molar-refractivity contribution is -0.385. The van der Waals surface area contributed by atoms with Gasteiger partial charge in [0, 0.05) is 18.2 Å². The fourth-order valence-corrected chi connectivity index (χ4v) is 1.65. The molecule has 8 heteroatoms. The molecule has 114 valence electrons. The summed E-state index contributed by atoms with van der Waals surface area (Å²) in [6, 6.07) is 4.67. The molecule has 1 aromatic rings. The van der Waals surface area contributed by atoms with E-state index < -0.39 is 4.92 Å². The fraction of sp³-hybridized carbons (Fsp3) is 0.385. The smallest absolute Gasteiger partial charge is 0.311 e. The molecule has 0 amide bonds. The molecule has 0 atom stereocenters. The summed E-state index contributed by atoms with van der Waals surface area (Å²) in [6.45, 7) is 4.98. The number of hydrogen-bond acceptors (Lipinski definition) is 5. The predicted octanol–water partition coefficient (Wildman–Crippen LogP) is 2.20. The second kappa shape index (κ2) is 8.85. The van der Waals surface area contributed by atoms with Gasteiger partial charge in [-0.15, -0.1) is 0 Å². The second-order valence-corrected chi connectivity index (χ2v) is 4.47. The number of nitro benzene ring substituents is 1. The van der Waals surface area contributed by atoms with Gasteiger partial charge in [0.15, 0.2) is 10.9 Å². The number of nitro groups is 1. The zero-order chi connectivity index (χ0) is 15.7. The monoisotopic (exact) mass is 310 g/mol. The van der Waals surface area contributed by atoms with Crippen molar-refractivity contribution in [2.75, 3.05) is 13.2 Å². The molecule has 0 fully saturated rings. The van der Waals surface area contributed by atoms with Crippen LogP contribution in [0.15, 0.2) is 23.3 Å². The van der Waals surface area contributed by atoms with E-state index >= 15 is 0 Å². The van der Waals surface area contributed by atoms with Gasteiger partial charge >= 0.3 is 5.69 Å². The third kappa shape index (κ3) is 5.74. The van der Waals surface area contributed by atoms with Gasteiger partial charge in [0.05, 0.1) is 17.7 Å². The molecule has 0 bridgehead atoms. The predicted molar refractivity (Wildman–Crippen MR) is 85.9 cm³/mol. The number of thiocarbonyl (C=S) groups is 1. The summed E-state index contributed by atoms with van der Waals surface area (Å²) in [5.41, 5.74) is 3.12. The highest BCUT2D eigenvalue weighted by Gasteiger charge is 2.15. The van der Waals surface area contributed by atoms with Crippen LogP contribution in [0.1, 0.15) is 25.8 Å². The summed E-state index contributed by atoms with van der Waals surface area (Å²) < 4.78 is 5.34. The van der Waals surface area contributed by atoms with Crippen LogP contribution in [0.25, 0.3) is 0 Å². The minimum atomic E-state index is -0.473. The van der Waals surface area contributed by atoms with E-state index in [1.54, 1.807) is 12.1 Å². The second-order valence-electron chi connectivity index (χ2n) is 4.06. The topological polar surface area (TPSA) is 88.8 Å². The van der Waals surface area contributed by atoms with Gasteiger partial charge in [-0.25, -0.2) is 0 Å². The highest BCUT2D eigenvalue weighted by atomic mass is 32.1. The van der Waals surface area contributed by atoms with Crippen molar-refractivity contribution in [2.45, 2.75) is 20.3 Å². The molecule has 21 heavy (non-hydrogen) atoms. The summed E-state index contributed by atoms with van der Waals surface area (Å²) >= 11 is 4.94. The van der Waals surface area contributed by atoms with Crippen molar-refractivity contribution in [3.05, 3.63) is 33.9 Å². The lowest BCUT2D eigenvalue weighted by atomic mass is 10.2. The van der Waals surface area contributed by atoms with Crippen LogP contribution in [0, 0.1) is 10.1 Å². The molecule has 0 heterocycles. The average Bonchev–Trinajstić information content (AvgIpc) is 2.46. The maximum absolute atomic E-state index is 11.0. The highest BCUT2D eigenvalue weighted by molar-refractivity contribution is 7.80. The molecule has 0 radical (unpaired) electrons. The van der Waals surface area contributed by atoms with Crippen LogP contribution in [-0.2, 0) is 0 Å². The van der Waals surface area contributed by atoms with Gasteiger partial charge in [-0.1, -0.05) is 6.92 Å². The van der Waals surface area contributed by atoms with Crippen molar-refractivity contribution >= 4 is 29.2 Å². The Hall–Kier alpha value is -2.22.